The number of rotatable bonds is 4. The van der Waals surface area contributed by atoms with Gasteiger partial charge in [0.1, 0.15) is 12.1 Å². The number of carbonyl (C=O) groups excluding carboxylic acids is 3. The topological polar surface area (TPSA) is 91.4 Å². The molecule has 4 amide bonds. The van der Waals surface area contributed by atoms with E-state index in [1.807, 2.05) is 19.1 Å². The van der Waals surface area contributed by atoms with Crippen LogP contribution in [0.1, 0.15) is 44.3 Å². The van der Waals surface area contributed by atoms with Gasteiger partial charge >= 0.3 is 6.03 Å². The number of hydrogen-bond donors (Lipinski definition) is 2. The van der Waals surface area contributed by atoms with E-state index in [1.165, 1.54) is 0 Å². The highest BCUT2D eigenvalue weighted by Crippen LogP contribution is 2.34. The summed E-state index contributed by atoms with van der Waals surface area (Å²) in [5.41, 5.74) is -0.0467. The maximum Gasteiger partial charge on any atom is 0.325 e. The normalized spacial score (nSPS) is 20.7. The third-order valence-electron chi connectivity index (χ3n) is 4.51. The van der Waals surface area contributed by atoms with Gasteiger partial charge in [-0.2, -0.15) is 0 Å². The molecule has 1 saturated carbocycles. The molecule has 1 aromatic heterocycles. The summed E-state index contributed by atoms with van der Waals surface area (Å²) in [5, 5.41) is 5.53. The van der Waals surface area contributed by atoms with Crippen LogP contribution in [-0.4, -0.2) is 39.8 Å². The number of pyridine rings is 1. The second-order valence-corrected chi connectivity index (χ2v) is 6.15. The van der Waals surface area contributed by atoms with Gasteiger partial charge in [-0.15, -0.1) is 0 Å². The largest absolute Gasteiger partial charge is 0.346 e. The van der Waals surface area contributed by atoms with Crippen LogP contribution in [0.5, 0.6) is 0 Å². The Bertz CT molecular complexity index is 625. The summed E-state index contributed by atoms with van der Waals surface area (Å²) in [7, 11) is 0. The highest BCUT2D eigenvalue weighted by molar-refractivity contribution is 6.09. The van der Waals surface area contributed by atoms with E-state index in [0.29, 0.717) is 12.8 Å². The van der Waals surface area contributed by atoms with Crippen molar-refractivity contribution in [3.8, 4) is 0 Å². The van der Waals surface area contributed by atoms with Crippen molar-refractivity contribution in [2.45, 2.75) is 44.2 Å². The van der Waals surface area contributed by atoms with Crippen LogP contribution >= 0.6 is 0 Å². The fourth-order valence-electron chi connectivity index (χ4n) is 3.27. The lowest BCUT2D eigenvalue weighted by Gasteiger charge is -2.20. The molecule has 1 aliphatic heterocycles. The number of hydrogen-bond acceptors (Lipinski definition) is 4. The fraction of sp³-hybridized carbons (Fsp3) is 0.500. The minimum atomic E-state index is -0.774. The zero-order valence-corrected chi connectivity index (χ0v) is 13.0. The minimum absolute atomic E-state index is 0.260. The van der Waals surface area contributed by atoms with E-state index in [4.69, 9.17) is 0 Å². The average molecular weight is 316 g/mol. The van der Waals surface area contributed by atoms with Gasteiger partial charge in [0.15, 0.2) is 0 Å². The van der Waals surface area contributed by atoms with E-state index in [9.17, 15) is 14.4 Å². The highest BCUT2D eigenvalue weighted by atomic mass is 16.2. The van der Waals surface area contributed by atoms with Gasteiger partial charge in [0.05, 0.1) is 11.7 Å². The Kier molecular flexibility index (Phi) is 4.02. The van der Waals surface area contributed by atoms with Crippen LogP contribution in [0.25, 0.3) is 0 Å². The molecule has 3 rings (SSSR count). The Hall–Kier alpha value is -2.44. The molecule has 0 bridgehead atoms. The number of aromatic nitrogens is 1. The summed E-state index contributed by atoms with van der Waals surface area (Å²) in [4.78, 5) is 41.9. The van der Waals surface area contributed by atoms with Gasteiger partial charge in [-0.3, -0.25) is 19.5 Å². The van der Waals surface area contributed by atoms with Gasteiger partial charge in [0, 0.05) is 6.20 Å². The summed E-state index contributed by atoms with van der Waals surface area (Å²) in [6.45, 7) is 1.55. The van der Waals surface area contributed by atoms with E-state index in [2.05, 4.69) is 15.6 Å². The molecule has 1 saturated heterocycles. The maximum absolute atomic E-state index is 12.5. The molecule has 0 unspecified atom stereocenters. The summed E-state index contributed by atoms with van der Waals surface area (Å²) in [6, 6.07) is 4.69. The predicted octanol–water partition coefficient (Wildman–Crippen LogP) is 1.12. The van der Waals surface area contributed by atoms with Gasteiger partial charge in [0.2, 0.25) is 5.91 Å². The van der Waals surface area contributed by atoms with Crippen LogP contribution in [-0.2, 0) is 9.59 Å². The Balaban J connectivity index is 1.62. The number of nitrogens with one attached hydrogen (secondary N) is 2. The Morgan fingerprint density at radius 1 is 1.39 bits per heavy atom. The third kappa shape index (κ3) is 2.91. The molecule has 2 aliphatic rings. The fourth-order valence-corrected chi connectivity index (χ4v) is 3.27. The van der Waals surface area contributed by atoms with E-state index in [1.54, 1.807) is 12.3 Å². The van der Waals surface area contributed by atoms with Crippen molar-refractivity contribution in [1.82, 2.24) is 20.5 Å². The van der Waals surface area contributed by atoms with E-state index in [0.717, 1.165) is 23.4 Å². The lowest BCUT2D eigenvalue weighted by Crippen LogP contribution is -2.45. The molecular weight excluding hydrogens is 296 g/mol. The summed E-state index contributed by atoms with van der Waals surface area (Å²) in [5.74, 6) is -0.651. The maximum atomic E-state index is 12.5. The van der Waals surface area contributed by atoms with Crippen LogP contribution in [0.3, 0.4) is 0 Å². The summed E-state index contributed by atoms with van der Waals surface area (Å²) < 4.78 is 0. The Morgan fingerprint density at radius 2 is 2.13 bits per heavy atom. The van der Waals surface area contributed by atoms with Crippen LogP contribution in [0.15, 0.2) is 24.4 Å². The molecule has 0 radical (unpaired) electrons. The Morgan fingerprint density at radius 3 is 2.78 bits per heavy atom. The number of nitrogens with zero attached hydrogens (tertiary/aromatic N) is 2. The molecule has 1 spiro atoms. The van der Waals surface area contributed by atoms with Gasteiger partial charge < -0.3 is 10.6 Å². The summed E-state index contributed by atoms with van der Waals surface area (Å²) in [6.07, 6.45) is 4.80. The lowest BCUT2D eigenvalue weighted by atomic mass is 9.98. The molecule has 0 aromatic carbocycles. The van der Waals surface area contributed by atoms with E-state index >= 15 is 0 Å². The highest BCUT2D eigenvalue weighted by Gasteiger charge is 2.52. The predicted molar refractivity (Wildman–Crippen MR) is 82.2 cm³/mol. The minimum Gasteiger partial charge on any atom is -0.346 e. The molecule has 7 nitrogen and oxygen atoms in total. The second-order valence-electron chi connectivity index (χ2n) is 6.15. The standard InChI is InChI=1S/C16H20N4O3/c1-11(12-6-2-5-9-17-12)18-13(21)10-20-14(22)16(19-15(20)23)7-3-4-8-16/h2,5-6,9,11H,3-4,7-8,10H2,1H3,(H,18,21)(H,19,23)/t11-/m1/s1. The van der Waals surface area contributed by atoms with Crippen molar-refractivity contribution in [2.24, 2.45) is 0 Å². The first-order valence-corrected chi connectivity index (χ1v) is 7.86. The van der Waals surface area contributed by atoms with E-state index < -0.39 is 11.6 Å². The quantitative estimate of drug-likeness (QED) is 0.814. The van der Waals surface area contributed by atoms with Crippen molar-refractivity contribution in [3.63, 3.8) is 0 Å². The molecule has 23 heavy (non-hydrogen) atoms. The summed E-state index contributed by atoms with van der Waals surface area (Å²) >= 11 is 0. The van der Waals surface area contributed by atoms with Gasteiger partial charge in [0.25, 0.3) is 5.91 Å². The smallest absolute Gasteiger partial charge is 0.325 e. The van der Waals surface area contributed by atoms with E-state index in [-0.39, 0.29) is 24.4 Å². The van der Waals surface area contributed by atoms with Crippen molar-refractivity contribution in [1.29, 1.82) is 0 Å². The van der Waals surface area contributed by atoms with Crippen LogP contribution < -0.4 is 10.6 Å². The second kappa shape index (κ2) is 5.98. The molecule has 1 atom stereocenters. The molecule has 122 valence electrons. The number of carbonyl (C=O) groups is 3. The van der Waals surface area contributed by atoms with Crippen LogP contribution in [0.4, 0.5) is 4.79 Å². The number of amides is 4. The number of imide groups is 1. The van der Waals surface area contributed by atoms with Gasteiger partial charge in [-0.1, -0.05) is 18.9 Å². The molecule has 1 aliphatic carbocycles. The van der Waals surface area contributed by atoms with Gasteiger partial charge in [-0.05, 0) is 31.9 Å². The third-order valence-corrected chi connectivity index (χ3v) is 4.51. The van der Waals surface area contributed by atoms with Crippen molar-refractivity contribution in [3.05, 3.63) is 30.1 Å². The SMILES string of the molecule is C[C@@H](NC(=O)CN1C(=O)NC2(CCCC2)C1=O)c1ccccn1. The van der Waals surface area contributed by atoms with Crippen molar-refractivity contribution >= 4 is 17.8 Å². The Labute approximate surface area is 134 Å². The average Bonchev–Trinajstić information content (AvgIpc) is 3.09. The monoisotopic (exact) mass is 316 g/mol. The molecule has 1 aromatic rings. The van der Waals surface area contributed by atoms with Gasteiger partial charge in [-0.25, -0.2) is 4.79 Å². The van der Waals surface area contributed by atoms with Crippen molar-refractivity contribution in [2.75, 3.05) is 6.54 Å². The zero-order valence-electron chi connectivity index (χ0n) is 13.0. The first kappa shape index (κ1) is 15.5. The number of urea groups is 1. The molecular formula is C16H20N4O3. The molecule has 2 heterocycles. The van der Waals surface area contributed by atoms with Crippen molar-refractivity contribution < 1.29 is 14.4 Å². The first-order valence-electron chi connectivity index (χ1n) is 7.86. The zero-order chi connectivity index (χ0) is 16.4. The molecule has 2 fully saturated rings. The lowest BCUT2D eigenvalue weighted by molar-refractivity contribution is -0.135. The first-order chi connectivity index (χ1) is 11.0. The van der Waals surface area contributed by atoms with Crippen LogP contribution in [0.2, 0.25) is 0 Å². The molecule has 7 heteroatoms. The molecule has 2 N–H and O–H groups in total. The van der Waals surface area contributed by atoms with Crippen LogP contribution in [0, 0.1) is 0 Å².